The number of hydrogen-bond donors (Lipinski definition) is 2. The van der Waals surface area contributed by atoms with Crippen LogP contribution in [0, 0.1) is 5.92 Å². The largest absolute Gasteiger partial charge is 0.384 e. The fourth-order valence-electron chi connectivity index (χ4n) is 1.35. The second-order valence-corrected chi connectivity index (χ2v) is 4.13. The molecule has 4 nitrogen and oxygen atoms in total. The topological polar surface area (TPSA) is 60.2 Å². The van der Waals surface area contributed by atoms with Crippen LogP contribution in [0.5, 0.6) is 0 Å². The highest BCUT2D eigenvalue weighted by molar-refractivity contribution is 5.46. The van der Waals surface area contributed by atoms with Crippen molar-refractivity contribution in [2.24, 2.45) is 5.92 Å². The zero-order valence-electron chi connectivity index (χ0n) is 10.2. The summed E-state index contributed by atoms with van der Waals surface area (Å²) in [5.74, 6) is 1.04. The molecule has 1 rings (SSSR count). The van der Waals surface area contributed by atoms with Crippen LogP contribution in [0.25, 0.3) is 0 Å². The minimum absolute atomic E-state index is 0.297. The second-order valence-electron chi connectivity index (χ2n) is 4.13. The third kappa shape index (κ3) is 4.06. The number of nitrogens with zero attached hydrogens (tertiary/aromatic N) is 1. The first-order chi connectivity index (χ1) is 7.63. The molecule has 0 saturated carbocycles. The van der Waals surface area contributed by atoms with Gasteiger partial charge in [-0.3, -0.25) is 0 Å². The molecule has 4 heteroatoms. The normalized spacial score (nSPS) is 12.8. The van der Waals surface area contributed by atoms with Gasteiger partial charge in [-0.05, 0) is 25.0 Å². The van der Waals surface area contributed by atoms with E-state index in [0.29, 0.717) is 24.4 Å². The molecule has 0 bridgehead atoms. The number of hydrogen-bond acceptors (Lipinski definition) is 4. The molecule has 1 aromatic heterocycles. The van der Waals surface area contributed by atoms with Gasteiger partial charge in [-0.1, -0.05) is 13.8 Å². The lowest BCUT2D eigenvalue weighted by Gasteiger charge is -2.23. The summed E-state index contributed by atoms with van der Waals surface area (Å²) < 4.78 is 5.45. The van der Waals surface area contributed by atoms with Crippen molar-refractivity contribution >= 4 is 11.5 Å². The number of ether oxygens (including phenoxy) is 1. The molecular formula is C12H21N3O. The third-order valence-electron chi connectivity index (χ3n) is 2.44. The van der Waals surface area contributed by atoms with Crippen LogP contribution >= 0.6 is 0 Å². The van der Waals surface area contributed by atoms with Crippen LogP contribution in [0.4, 0.5) is 11.5 Å². The Morgan fingerprint density at radius 1 is 1.44 bits per heavy atom. The molecule has 90 valence electrons. The van der Waals surface area contributed by atoms with Crippen LogP contribution in [0.1, 0.15) is 20.8 Å². The van der Waals surface area contributed by atoms with Crippen molar-refractivity contribution < 1.29 is 4.74 Å². The molecule has 0 radical (unpaired) electrons. The van der Waals surface area contributed by atoms with Gasteiger partial charge in [0, 0.05) is 6.61 Å². The summed E-state index contributed by atoms with van der Waals surface area (Å²) in [5.41, 5.74) is 6.51. The maximum Gasteiger partial charge on any atom is 0.123 e. The van der Waals surface area contributed by atoms with E-state index in [-0.39, 0.29) is 0 Å². The lowest BCUT2D eigenvalue weighted by molar-refractivity contribution is 0.127. The molecule has 16 heavy (non-hydrogen) atoms. The summed E-state index contributed by atoms with van der Waals surface area (Å²) in [4.78, 5) is 4.05. The lowest BCUT2D eigenvalue weighted by Crippen LogP contribution is -2.31. The third-order valence-corrected chi connectivity index (χ3v) is 2.44. The average molecular weight is 223 g/mol. The monoisotopic (exact) mass is 223 g/mol. The van der Waals surface area contributed by atoms with Gasteiger partial charge >= 0.3 is 0 Å². The first-order valence-corrected chi connectivity index (χ1v) is 5.69. The van der Waals surface area contributed by atoms with Crippen molar-refractivity contribution in [2.75, 3.05) is 24.3 Å². The number of aromatic nitrogens is 1. The Balaban J connectivity index is 2.57. The molecule has 0 spiro atoms. The average Bonchev–Trinajstić information content (AvgIpc) is 2.26. The number of nitrogens with one attached hydrogen (secondary N) is 1. The first-order valence-electron chi connectivity index (χ1n) is 5.69. The maximum absolute atomic E-state index is 5.53. The molecule has 0 aliphatic heterocycles. The van der Waals surface area contributed by atoms with E-state index >= 15 is 0 Å². The van der Waals surface area contributed by atoms with Crippen molar-refractivity contribution in [1.29, 1.82) is 0 Å². The predicted octanol–water partition coefficient (Wildman–Crippen LogP) is 2.14. The van der Waals surface area contributed by atoms with E-state index in [1.165, 1.54) is 0 Å². The highest BCUT2D eigenvalue weighted by atomic mass is 16.5. The van der Waals surface area contributed by atoms with E-state index in [4.69, 9.17) is 10.5 Å². The van der Waals surface area contributed by atoms with Gasteiger partial charge in [0.05, 0.1) is 24.5 Å². The van der Waals surface area contributed by atoms with Crippen LogP contribution < -0.4 is 11.1 Å². The molecule has 0 saturated heterocycles. The Morgan fingerprint density at radius 3 is 2.69 bits per heavy atom. The molecule has 1 atom stereocenters. The van der Waals surface area contributed by atoms with E-state index in [9.17, 15) is 0 Å². The fourth-order valence-corrected chi connectivity index (χ4v) is 1.35. The smallest absolute Gasteiger partial charge is 0.123 e. The fraction of sp³-hybridized carbons (Fsp3) is 0.583. The minimum atomic E-state index is 0.297. The number of pyridine rings is 1. The molecule has 1 unspecified atom stereocenters. The summed E-state index contributed by atoms with van der Waals surface area (Å²) >= 11 is 0. The van der Waals surface area contributed by atoms with Crippen LogP contribution in [0.15, 0.2) is 18.3 Å². The molecule has 3 N–H and O–H groups in total. The number of nitrogen functional groups attached to an aromatic ring is 1. The lowest BCUT2D eigenvalue weighted by atomic mass is 10.1. The van der Waals surface area contributed by atoms with E-state index in [1.54, 1.807) is 12.3 Å². The van der Waals surface area contributed by atoms with Crippen molar-refractivity contribution in [1.82, 2.24) is 4.98 Å². The number of nitrogens with two attached hydrogens (primary N) is 1. The van der Waals surface area contributed by atoms with Crippen molar-refractivity contribution in [3.63, 3.8) is 0 Å². The molecule has 0 aliphatic carbocycles. The van der Waals surface area contributed by atoms with E-state index < -0.39 is 0 Å². The zero-order valence-corrected chi connectivity index (χ0v) is 10.2. The molecule has 0 aliphatic rings. The summed E-state index contributed by atoms with van der Waals surface area (Å²) in [7, 11) is 0. The Hall–Kier alpha value is -1.29. The zero-order chi connectivity index (χ0) is 12.0. The van der Waals surface area contributed by atoms with Crippen molar-refractivity contribution in [3.8, 4) is 0 Å². The standard InChI is InChI=1S/C12H21N3O/c1-4-16-8-11(9(2)3)15-10-5-6-12(13)14-7-10/h5-7,9,11,15H,4,8H2,1-3H3,(H2,13,14). The summed E-state index contributed by atoms with van der Waals surface area (Å²) in [6, 6.07) is 4.02. The summed E-state index contributed by atoms with van der Waals surface area (Å²) in [6.45, 7) is 7.79. The molecular weight excluding hydrogens is 202 g/mol. The van der Waals surface area contributed by atoms with Gasteiger partial charge in [-0.15, -0.1) is 0 Å². The van der Waals surface area contributed by atoms with Crippen molar-refractivity contribution in [3.05, 3.63) is 18.3 Å². The Morgan fingerprint density at radius 2 is 2.19 bits per heavy atom. The molecule has 0 aromatic carbocycles. The highest BCUT2D eigenvalue weighted by Crippen LogP contribution is 2.13. The van der Waals surface area contributed by atoms with Crippen LogP contribution in [-0.4, -0.2) is 24.2 Å². The van der Waals surface area contributed by atoms with E-state index in [2.05, 4.69) is 24.1 Å². The van der Waals surface area contributed by atoms with Gasteiger partial charge in [0.1, 0.15) is 5.82 Å². The molecule has 0 amide bonds. The number of anilines is 2. The van der Waals surface area contributed by atoms with Crippen LogP contribution in [0.3, 0.4) is 0 Å². The Kier molecular flexibility index (Phi) is 5.05. The summed E-state index contributed by atoms with van der Waals surface area (Å²) in [6.07, 6.45) is 1.75. The maximum atomic E-state index is 5.53. The van der Waals surface area contributed by atoms with Gasteiger partial charge in [-0.2, -0.15) is 0 Å². The number of rotatable bonds is 6. The Labute approximate surface area is 97.2 Å². The van der Waals surface area contributed by atoms with E-state index in [1.807, 2.05) is 13.0 Å². The molecule has 1 aromatic rings. The second kappa shape index (κ2) is 6.33. The predicted molar refractivity (Wildman–Crippen MR) is 67.4 cm³/mol. The SMILES string of the molecule is CCOCC(Nc1ccc(N)nc1)C(C)C. The first kappa shape index (κ1) is 12.8. The van der Waals surface area contributed by atoms with Gasteiger partial charge in [0.25, 0.3) is 0 Å². The van der Waals surface area contributed by atoms with Gasteiger partial charge in [0.2, 0.25) is 0 Å². The van der Waals surface area contributed by atoms with Gasteiger partial charge < -0.3 is 15.8 Å². The van der Waals surface area contributed by atoms with Gasteiger partial charge in [-0.25, -0.2) is 4.98 Å². The summed E-state index contributed by atoms with van der Waals surface area (Å²) in [5, 5.41) is 3.40. The molecule has 0 fully saturated rings. The van der Waals surface area contributed by atoms with E-state index in [0.717, 1.165) is 12.3 Å². The van der Waals surface area contributed by atoms with Crippen LogP contribution in [0.2, 0.25) is 0 Å². The van der Waals surface area contributed by atoms with Gasteiger partial charge in [0.15, 0.2) is 0 Å². The Bertz CT molecular complexity index is 298. The quantitative estimate of drug-likeness (QED) is 0.775. The minimum Gasteiger partial charge on any atom is -0.384 e. The molecule has 1 heterocycles. The highest BCUT2D eigenvalue weighted by Gasteiger charge is 2.13. The van der Waals surface area contributed by atoms with Crippen molar-refractivity contribution in [2.45, 2.75) is 26.8 Å². The van der Waals surface area contributed by atoms with Crippen LogP contribution in [-0.2, 0) is 4.74 Å².